The van der Waals surface area contributed by atoms with Gasteiger partial charge >= 0.3 is 0 Å². The van der Waals surface area contributed by atoms with Gasteiger partial charge < -0.3 is 5.32 Å². The van der Waals surface area contributed by atoms with Crippen molar-refractivity contribution in [3.8, 4) is 0 Å². The number of hydrogen-bond acceptors (Lipinski definition) is 4. The van der Waals surface area contributed by atoms with Crippen molar-refractivity contribution in [2.45, 2.75) is 17.7 Å². The van der Waals surface area contributed by atoms with Gasteiger partial charge in [0.05, 0.1) is 10.5 Å². The highest BCUT2D eigenvalue weighted by Crippen LogP contribution is 2.23. The van der Waals surface area contributed by atoms with E-state index in [0.29, 0.717) is 18.8 Å². The lowest BCUT2D eigenvalue weighted by molar-refractivity contribution is 0.102. The number of halogens is 1. The van der Waals surface area contributed by atoms with E-state index < -0.39 is 15.9 Å². The molecule has 6 nitrogen and oxygen atoms in total. The maximum Gasteiger partial charge on any atom is 0.258 e. The van der Waals surface area contributed by atoms with E-state index in [9.17, 15) is 13.2 Å². The second kappa shape index (κ2) is 6.88. The summed E-state index contributed by atoms with van der Waals surface area (Å²) in [5, 5.41) is 2.75. The maximum absolute atomic E-state index is 12.6. The summed E-state index contributed by atoms with van der Waals surface area (Å²) in [6.45, 7) is 1.06. The number of hydrogen-bond donors (Lipinski definition) is 1. The Balaban J connectivity index is 1.83. The van der Waals surface area contributed by atoms with Gasteiger partial charge in [-0.1, -0.05) is 17.7 Å². The van der Waals surface area contributed by atoms with E-state index in [0.717, 1.165) is 12.8 Å². The number of nitrogens with one attached hydrogen (secondary N) is 1. The van der Waals surface area contributed by atoms with Crippen LogP contribution in [0.2, 0.25) is 5.15 Å². The molecule has 0 unspecified atom stereocenters. The molecule has 1 aliphatic heterocycles. The molecule has 2 aromatic rings. The van der Waals surface area contributed by atoms with Crippen LogP contribution in [0.5, 0.6) is 0 Å². The zero-order valence-corrected chi connectivity index (χ0v) is 14.3. The van der Waals surface area contributed by atoms with E-state index >= 15 is 0 Å². The van der Waals surface area contributed by atoms with Gasteiger partial charge in [0, 0.05) is 25.0 Å². The van der Waals surface area contributed by atoms with Crippen LogP contribution in [0.3, 0.4) is 0 Å². The van der Waals surface area contributed by atoms with Crippen molar-refractivity contribution >= 4 is 33.2 Å². The third-order valence-electron chi connectivity index (χ3n) is 3.80. The van der Waals surface area contributed by atoms with Gasteiger partial charge in [-0.05, 0) is 43.2 Å². The summed E-state index contributed by atoms with van der Waals surface area (Å²) in [6.07, 6.45) is 3.23. The summed E-state index contributed by atoms with van der Waals surface area (Å²) in [7, 11) is -3.53. The van der Waals surface area contributed by atoms with Crippen molar-refractivity contribution in [1.29, 1.82) is 0 Å². The lowest BCUT2D eigenvalue weighted by Crippen LogP contribution is -2.27. The van der Waals surface area contributed by atoms with Crippen LogP contribution >= 0.6 is 11.6 Å². The van der Waals surface area contributed by atoms with Crippen LogP contribution in [0.4, 0.5) is 5.69 Å². The van der Waals surface area contributed by atoms with Gasteiger partial charge in [-0.3, -0.25) is 4.79 Å². The average molecular weight is 366 g/mol. The third-order valence-corrected chi connectivity index (χ3v) is 5.99. The predicted molar refractivity (Wildman–Crippen MR) is 91.6 cm³/mol. The minimum atomic E-state index is -3.53. The normalized spacial score (nSPS) is 15.4. The van der Waals surface area contributed by atoms with E-state index in [1.165, 1.54) is 22.6 Å². The van der Waals surface area contributed by atoms with Crippen LogP contribution < -0.4 is 5.32 Å². The van der Waals surface area contributed by atoms with Crippen LogP contribution in [0.25, 0.3) is 0 Å². The second-order valence-electron chi connectivity index (χ2n) is 5.43. The number of sulfonamides is 1. The van der Waals surface area contributed by atoms with Crippen LogP contribution in [0, 0.1) is 0 Å². The molecule has 0 bridgehead atoms. The van der Waals surface area contributed by atoms with E-state index in [4.69, 9.17) is 11.6 Å². The summed E-state index contributed by atoms with van der Waals surface area (Å²) in [5.41, 5.74) is 0.618. The Bertz CT molecular complexity index is 864. The number of pyridine rings is 1. The molecule has 1 fully saturated rings. The van der Waals surface area contributed by atoms with Crippen LogP contribution in [-0.2, 0) is 10.0 Å². The predicted octanol–water partition coefficient (Wildman–Crippen LogP) is 2.77. The molecule has 0 saturated carbocycles. The second-order valence-corrected chi connectivity index (χ2v) is 7.73. The summed E-state index contributed by atoms with van der Waals surface area (Å²) in [4.78, 5) is 16.3. The number of rotatable bonds is 4. The van der Waals surface area contributed by atoms with Crippen molar-refractivity contribution in [1.82, 2.24) is 9.29 Å². The van der Waals surface area contributed by atoms with Crippen molar-refractivity contribution in [3.63, 3.8) is 0 Å². The molecule has 0 aliphatic carbocycles. The fourth-order valence-electron chi connectivity index (χ4n) is 2.57. The molecule has 0 spiro atoms. The summed E-state index contributed by atoms with van der Waals surface area (Å²) >= 11 is 5.90. The highest BCUT2D eigenvalue weighted by atomic mass is 35.5. The molecule has 0 radical (unpaired) electrons. The van der Waals surface area contributed by atoms with E-state index in [1.54, 1.807) is 24.3 Å². The number of carbonyl (C=O) groups is 1. The van der Waals surface area contributed by atoms with Gasteiger partial charge in [0.15, 0.2) is 0 Å². The smallest absolute Gasteiger partial charge is 0.258 e. The summed E-state index contributed by atoms with van der Waals surface area (Å²) in [5.74, 6) is -0.441. The standard InChI is InChI=1S/C16H16ClN3O3S/c17-15-14(7-4-8-18-15)16(21)19-12-5-3-6-13(11-12)24(22,23)20-9-1-2-10-20/h3-8,11H,1-2,9-10H2,(H,19,21). The van der Waals surface area contributed by atoms with E-state index in [-0.39, 0.29) is 15.6 Å². The lowest BCUT2D eigenvalue weighted by Gasteiger charge is -2.16. The van der Waals surface area contributed by atoms with Crippen molar-refractivity contribution in [2.75, 3.05) is 18.4 Å². The molecule has 3 rings (SSSR count). The zero-order valence-electron chi connectivity index (χ0n) is 12.8. The average Bonchev–Trinajstić information content (AvgIpc) is 3.11. The Labute approximate surface area is 145 Å². The van der Waals surface area contributed by atoms with Gasteiger partial charge in [-0.15, -0.1) is 0 Å². The molecule has 24 heavy (non-hydrogen) atoms. The van der Waals surface area contributed by atoms with Gasteiger partial charge in [0.2, 0.25) is 10.0 Å². The molecule has 1 aromatic heterocycles. The minimum Gasteiger partial charge on any atom is -0.322 e. The highest BCUT2D eigenvalue weighted by molar-refractivity contribution is 7.89. The Morgan fingerprint density at radius 3 is 2.62 bits per heavy atom. The fourth-order valence-corrected chi connectivity index (χ4v) is 4.33. The first-order valence-electron chi connectivity index (χ1n) is 7.50. The zero-order chi connectivity index (χ0) is 17.2. The van der Waals surface area contributed by atoms with Gasteiger partial charge in [0.25, 0.3) is 5.91 Å². The third kappa shape index (κ3) is 3.43. The number of carbonyl (C=O) groups excluding carboxylic acids is 1. The molecule has 0 atom stereocenters. The Morgan fingerprint density at radius 2 is 1.92 bits per heavy atom. The Morgan fingerprint density at radius 1 is 1.17 bits per heavy atom. The molecular formula is C16H16ClN3O3S. The molecule has 1 aliphatic rings. The van der Waals surface area contributed by atoms with Gasteiger partial charge in [-0.2, -0.15) is 4.31 Å². The first-order valence-corrected chi connectivity index (χ1v) is 9.32. The molecule has 1 saturated heterocycles. The molecule has 8 heteroatoms. The number of amides is 1. The van der Waals surface area contributed by atoms with Crippen LogP contribution in [0.15, 0.2) is 47.5 Å². The summed E-state index contributed by atoms with van der Waals surface area (Å²) in [6, 6.07) is 9.37. The van der Waals surface area contributed by atoms with Gasteiger partial charge in [-0.25, -0.2) is 13.4 Å². The number of nitrogens with zero attached hydrogens (tertiary/aromatic N) is 2. The fraction of sp³-hybridized carbons (Fsp3) is 0.250. The molecule has 2 heterocycles. The van der Waals surface area contributed by atoms with Crippen LogP contribution in [-0.4, -0.2) is 36.7 Å². The van der Waals surface area contributed by atoms with Gasteiger partial charge in [0.1, 0.15) is 5.15 Å². The number of benzene rings is 1. The molecule has 126 valence electrons. The monoisotopic (exact) mass is 365 g/mol. The Hall–Kier alpha value is -1.96. The van der Waals surface area contributed by atoms with Crippen molar-refractivity contribution in [3.05, 3.63) is 53.3 Å². The van der Waals surface area contributed by atoms with E-state index in [2.05, 4.69) is 10.3 Å². The molecule has 1 amide bonds. The van der Waals surface area contributed by atoms with Crippen molar-refractivity contribution < 1.29 is 13.2 Å². The van der Waals surface area contributed by atoms with Crippen LogP contribution in [0.1, 0.15) is 23.2 Å². The van der Waals surface area contributed by atoms with Crippen molar-refractivity contribution in [2.24, 2.45) is 0 Å². The number of anilines is 1. The maximum atomic E-state index is 12.6. The first kappa shape index (κ1) is 16.9. The Kier molecular flexibility index (Phi) is 4.84. The number of aromatic nitrogens is 1. The summed E-state index contributed by atoms with van der Waals surface area (Å²) < 4.78 is 26.6. The lowest BCUT2D eigenvalue weighted by atomic mass is 10.2. The van der Waals surface area contributed by atoms with E-state index in [1.807, 2.05) is 0 Å². The molecule has 1 aromatic carbocycles. The largest absolute Gasteiger partial charge is 0.322 e. The first-order chi connectivity index (χ1) is 11.5. The quantitative estimate of drug-likeness (QED) is 0.845. The SMILES string of the molecule is O=C(Nc1cccc(S(=O)(=O)N2CCCC2)c1)c1cccnc1Cl. The molecule has 1 N–H and O–H groups in total. The minimum absolute atomic E-state index is 0.0934. The topological polar surface area (TPSA) is 79.4 Å². The highest BCUT2D eigenvalue weighted by Gasteiger charge is 2.27. The molecular weight excluding hydrogens is 350 g/mol.